The first-order valence-electron chi connectivity index (χ1n) is 10.9. The summed E-state index contributed by atoms with van der Waals surface area (Å²) in [6, 6.07) is 12.5. The van der Waals surface area contributed by atoms with E-state index in [-0.39, 0.29) is 11.8 Å². The maximum atomic E-state index is 13.0. The molecule has 1 aromatic heterocycles. The van der Waals surface area contributed by atoms with Gasteiger partial charge in [-0.05, 0) is 68.6 Å². The van der Waals surface area contributed by atoms with Crippen molar-refractivity contribution in [3.63, 3.8) is 0 Å². The minimum atomic E-state index is -3.33. The van der Waals surface area contributed by atoms with Crippen molar-refractivity contribution in [3.8, 4) is 0 Å². The molecule has 0 radical (unpaired) electrons. The molecule has 2 aliphatic rings. The van der Waals surface area contributed by atoms with Crippen LogP contribution in [0, 0.1) is 5.92 Å². The molecular weight excluding hydrogens is 412 g/mol. The van der Waals surface area contributed by atoms with E-state index in [2.05, 4.69) is 9.88 Å². The van der Waals surface area contributed by atoms with E-state index in [1.807, 2.05) is 23.1 Å². The predicted molar refractivity (Wildman–Crippen MR) is 120 cm³/mol. The Morgan fingerprint density at radius 3 is 2.32 bits per heavy atom. The van der Waals surface area contributed by atoms with Crippen molar-refractivity contribution in [1.29, 1.82) is 0 Å². The van der Waals surface area contributed by atoms with E-state index in [0.29, 0.717) is 36.6 Å². The number of benzene rings is 1. The number of nitrogen functional groups attached to an aromatic ring is 1. The number of nitrogens with two attached hydrogens (primary N) is 1. The first-order valence-corrected chi connectivity index (χ1v) is 12.5. The number of pyridine rings is 1. The lowest BCUT2D eigenvalue weighted by Crippen LogP contribution is -2.47. The van der Waals surface area contributed by atoms with Crippen LogP contribution >= 0.6 is 0 Å². The van der Waals surface area contributed by atoms with Crippen molar-refractivity contribution in [1.82, 2.24) is 14.8 Å². The zero-order valence-corrected chi connectivity index (χ0v) is 18.5. The molecule has 4 rings (SSSR count). The molecule has 0 atom stereocenters. The molecule has 31 heavy (non-hydrogen) atoms. The number of aromatic nitrogens is 1. The number of carbonyl (C=O) groups excluding carboxylic acids is 1. The highest BCUT2D eigenvalue weighted by Crippen LogP contribution is 2.27. The van der Waals surface area contributed by atoms with Crippen LogP contribution in [0.3, 0.4) is 0 Å². The summed E-state index contributed by atoms with van der Waals surface area (Å²) in [4.78, 5) is 21.6. The van der Waals surface area contributed by atoms with Crippen molar-refractivity contribution in [3.05, 3.63) is 54.2 Å². The summed E-state index contributed by atoms with van der Waals surface area (Å²) in [5.74, 6) is 0.740. The summed E-state index contributed by atoms with van der Waals surface area (Å²) in [6.07, 6.45) is 4.41. The zero-order valence-electron chi connectivity index (χ0n) is 17.7. The van der Waals surface area contributed by atoms with E-state index < -0.39 is 15.1 Å². The molecule has 0 bridgehead atoms. The maximum Gasteiger partial charge on any atom is 0.225 e. The van der Waals surface area contributed by atoms with Crippen LogP contribution in [0.25, 0.3) is 0 Å². The number of piperidine rings is 2. The Morgan fingerprint density at radius 2 is 1.68 bits per heavy atom. The molecule has 1 amide bonds. The molecular formula is C23H30N4O3S. The molecule has 0 saturated carbocycles. The van der Waals surface area contributed by atoms with Crippen LogP contribution in [-0.4, -0.2) is 60.5 Å². The van der Waals surface area contributed by atoms with Gasteiger partial charge < -0.3 is 10.6 Å². The van der Waals surface area contributed by atoms with E-state index in [1.54, 1.807) is 30.5 Å². The van der Waals surface area contributed by atoms with Gasteiger partial charge in [0.15, 0.2) is 9.84 Å². The average molecular weight is 443 g/mol. The Hall–Kier alpha value is -2.45. The highest BCUT2D eigenvalue weighted by molar-refractivity contribution is 7.92. The molecule has 8 heteroatoms. The second-order valence-corrected chi connectivity index (χ2v) is 10.8. The fraction of sp³-hybridized carbons (Fsp3) is 0.478. The first-order chi connectivity index (χ1) is 14.9. The molecule has 2 fully saturated rings. The average Bonchev–Trinajstić information content (AvgIpc) is 2.80. The fourth-order valence-electron chi connectivity index (χ4n) is 4.64. The smallest absolute Gasteiger partial charge is 0.225 e. The Bertz CT molecular complexity index is 996. The largest absolute Gasteiger partial charge is 0.384 e. The van der Waals surface area contributed by atoms with Crippen LogP contribution < -0.4 is 5.73 Å². The van der Waals surface area contributed by atoms with E-state index in [1.165, 1.54) is 0 Å². The van der Waals surface area contributed by atoms with Crippen LogP contribution in [0.4, 0.5) is 5.82 Å². The van der Waals surface area contributed by atoms with Crippen molar-refractivity contribution in [2.24, 2.45) is 5.92 Å². The molecule has 2 N–H and O–H groups in total. The number of sulfone groups is 1. The number of anilines is 1. The lowest BCUT2D eigenvalue weighted by atomic mass is 9.94. The van der Waals surface area contributed by atoms with Crippen LogP contribution in [0.15, 0.2) is 53.6 Å². The van der Waals surface area contributed by atoms with Gasteiger partial charge in [-0.15, -0.1) is 0 Å². The van der Waals surface area contributed by atoms with E-state index in [4.69, 9.17) is 5.73 Å². The SMILES string of the molecule is Nc1cc(CN2CCC(C(=O)N3CCC(S(=O)(=O)c4ccccc4)CC3)CC2)ccn1. The summed E-state index contributed by atoms with van der Waals surface area (Å²) in [5.41, 5.74) is 6.90. The van der Waals surface area contributed by atoms with Crippen molar-refractivity contribution < 1.29 is 13.2 Å². The number of rotatable bonds is 5. The van der Waals surface area contributed by atoms with Crippen LogP contribution in [0.1, 0.15) is 31.2 Å². The van der Waals surface area contributed by atoms with Gasteiger partial charge in [-0.2, -0.15) is 0 Å². The second-order valence-electron chi connectivity index (χ2n) is 8.52. The third-order valence-corrected chi connectivity index (χ3v) is 8.73. The molecule has 2 aromatic rings. The van der Waals surface area contributed by atoms with E-state index >= 15 is 0 Å². The van der Waals surface area contributed by atoms with Crippen molar-refractivity contribution in [2.75, 3.05) is 31.9 Å². The van der Waals surface area contributed by atoms with Gasteiger partial charge in [0, 0.05) is 31.7 Å². The van der Waals surface area contributed by atoms with Crippen molar-refractivity contribution in [2.45, 2.75) is 42.4 Å². The molecule has 2 saturated heterocycles. The van der Waals surface area contributed by atoms with Gasteiger partial charge >= 0.3 is 0 Å². The van der Waals surface area contributed by atoms with Crippen LogP contribution in [-0.2, 0) is 21.2 Å². The molecule has 3 heterocycles. The second kappa shape index (κ2) is 9.36. The topological polar surface area (TPSA) is 96.6 Å². The molecule has 166 valence electrons. The first kappa shape index (κ1) is 21.8. The summed E-state index contributed by atoms with van der Waals surface area (Å²) in [5, 5.41) is -0.409. The molecule has 0 aliphatic carbocycles. The molecule has 0 unspecified atom stereocenters. The Balaban J connectivity index is 1.27. The fourth-order valence-corrected chi connectivity index (χ4v) is 6.39. The highest BCUT2D eigenvalue weighted by Gasteiger charge is 2.35. The third kappa shape index (κ3) is 5.07. The Kier molecular flexibility index (Phi) is 6.57. The van der Waals surface area contributed by atoms with Gasteiger partial charge in [0.1, 0.15) is 5.82 Å². The number of hydrogen-bond donors (Lipinski definition) is 1. The molecule has 7 nitrogen and oxygen atoms in total. The lowest BCUT2D eigenvalue weighted by Gasteiger charge is -2.37. The lowest BCUT2D eigenvalue weighted by molar-refractivity contribution is -0.138. The minimum absolute atomic E-state index is 0.0287. The van der Waals surface area contributed by atoms with Crippen molar-refractivity contribution >= 4 is 21.6 Å². The Labute approximate surface area is 184 Å². The maximum absolute atomic E-state index is 13.0. The third-order valence-electron chi connectivity index (χ3n) is 6.45. The summed E-state index contributed by atoms with van der Waals surface area (Å²) in [7, 11) is -3.33. The number of carbonyl (C=O) groups is 1. The van der Waals surface area contributed by atoms with Gasteiger partial charge in [0.2, 0.25) is 5.91 Å². The molecule has 2 aliphatic heterocycles. The number of nitrogens with zero attached hydrogens (tertiary/aromatic N) is 3. The molecule has 1 aromatic carbocycles. The van der Waals surface area contributed by atoms with Gasteiger partial charge in [-0.3, -0.25) is 9.69 Å². The predicted octanol–water partition coefficient (Wildman–Crippen LogP) is 2.34. The van der Waals surface area contributed by atoms with Gasteiger partial charge in [0.25, 0.3) is 0 Å². The van der Waals surface area contributed by atoms with Gasteiger partial charge in [-0.25, -0.2) is 13.4 Å². The van der Waals surface area contributed by atoms with Crippen LogP contribution in [0.2, 0.25) is 0 Å². The number of likely N-dealkylation sites (tertiary alicyclic amines) is 2. The zero-order chi connectivity index (χ0) is 21.8. The van der Waals surface area contributed by atoms with E-state index in [9.17, 15) is 13.2 Å². The van der Waals surface area contributed by atoms with Crippen LogP contribution in [0.5, 0.6) is 0 Å². The quantitative estimate of drug-likeness (QED) is 0.764. The summed E-state index contributed by atoms with van der Waals surface area (Å²) >= 11 is 0. The highest BCUT2D eigenvalue weighted by atomic mass is 32.2. The summed E-state index contributed by atoms with van der Waals surface area (Å²) < 4.78 is 25.7. The van der Waals surface area contributed by atoms with E-state index in [0.717, 1.165) is 38.0 Å². The normalized spacial score (nSPS) is 19.4. The Morgan fingerprint density at radius 1 is 1.00 bits per heavy atom. The number of amides is 1. The number of hydrogen-bond acceptors (Lipinski definition) is 6. The standard InChI is InChI=1S/C23H30N4O3S/c24-22-16-18(6-11-25-22)17-26-12-7-19(8-13-26)23(28)27-14-9-21(10-15-27)31(29,30)20-4-2-1-3-5-20/h1-6,11,16,19,21H,7-10,12-15,17H2,(H2,24,25). The van der Waals surface area contributed by atoms with Gasteiger partial charge in [0.05, 0.1) is 10.1 Å². The minimum Gasteiger partial charge on any atom is -0.384 e. The van der Waals surface area contributed by atoms with Gasteiger partial charge in [-0.1, -0.05) is 18.2 Å². The summed E-state index contributed by atoms with van der Waals surface area (Å²) in [6.45, 7) is 3.60. The molecule has 0 spiro atoms. The monoisotopic (exact) mass is 442 g/mol.